The molecule has 0 radical (unpaired) electrons. The molecule has 0 aliphatic carbocycles. The van der Waals surface area contributed by atoms with Gasteiger partial charge in [-0.2, -0.15) is 0 Å². The first-order chi connectivity index (χ1) is 9.71. The molecule has 1 nitrogen and oxygen atoms in total. The Labute approximate surface area is 122 Å². The van der Waals surface area contributed by atoms with Gasteiger partial charge in [0.1, 0.15) is 0 Å². The number of nitrogens with two attached hydrogens (primary N) is 1. The summed E-state index contributed by atoms with van der Waals surface area (Å²) in [5.41, 5.74) is 13.2. The van der Waals surface area contributed by atoms with Crippen molar-refractivity contribution < 1.29 is 0 Å². The van der Waals surface area contributed by atoms with Crippen molar-refractivity contribution in [3.8, 4) is 0 Å². The maximum Gasteiger partial charge on any atom is 0.0554 e. The number of rotatable bonds is 5. The van der Waals surface area contributed by atoms with Gasteiger partial charge in [0.05, 0.1) is 6.04 Å². The molecular weight excluding hydrogens is 242 g/mol. The predicted octanol–water partition coefficient (Wildman–Crippen LogP) is 4.42. The number of aryl methyl sites for hydroxylation is 3. The summed E-state index contributed by atoms with van der Waals surface area (Å²) in [6.45, 7) is 6.60. The summed E-state index contributed by atoms with van der Waals surface area (Å²) < 4.78 is 0. The lowest BCUT2D eigenvalue weighted by molar-refractivity contribution is 0.843. The van der Waals surface area contributed by atoms with Crippen molar-refractivity contribution in [2.24, 2.45) is 5.73 Å². The van der Waals surface area contributed by atoms with Gasteiger partial charge in [0, 0.05) is 0 Å². The Bertz CT molecular complexity index is 572. The molecule has 0 amide bonds. The van der Waals surface area contributed by atoms with E-state index in [1.807, 2.05) is 0 Å². The van der Waals surface area contributed by atoms with E-state index in [4.69, 9.17) is 5.73 Å². The van der Waals surface area contributed by atoms with E-state index >= 15 is 0 Å². The van der Waals surface area contributed by atoms with E-state index in [1.54, 1.807) is 0 Å². The molecule has 2 rings (SSSR count). The molecule has 0 spiro atoms. The molecule has 2 aromatic rings. The molecular formula is C19H25N. The maximum absolute atomic E-state index is 6.51. The van der Waals surface area contributed by atoms with Crippen molar-refractivity contribution in [1.82, 2.24) is 0 Å². The Kier molecular flexibility index (Phi) is 4.97. The molecule has 0 heterocycles. The van der Waals surface area contributed by atoms with Gasteiger partial charge in [0.15, 0.2) is 0 Å². The summed E-state index contributed by atoms with van der Waals surface area (Å²) in [6, 6.07) is 15.2. The molecule has 0 fully saturated rings. The van der Waals surface area contributed by atoms with Crippen LogP contribution in [0.3, 0.4) is 0 Å². The monoisotopic (exact) mass is 267 g/mol. The Morgan fingerprint density at radius 3 is 2.10 bits per heavy atom. The minimum Gasteiger partial charge on any atom is -0.320 e. The van der Waals surface area contributed by atoms with Crippen molar-refractivity contribution in [2.75, 3.05) is 0 Å². The van der Waals surface area contributed by atoms with E-state index in [9.17, 15) is 0 Å². The van der Waals surface area contributed by atoms with Crippen molar-refractivity contribution in [3.05, 3.63) is 70.3 Å². The zero-order valence-electron chi connectivity index (χ0n) is 12.8. The molecule has 20 heavy (non-hydrogen) atoms. The second-order valence-electron chi connectivity index (χ2n) is 5.27. The molecule has 1 heteroatoms. The van der Waals surface area contributed by atoms with E-state index in [2.05, 4.69) is 63.2 Å². The number of hydrogen-bond donors (Lipinski definition) is 1. The summed E-state index contributed by atoms with van der Waals surface area (Å²) in [4.78, 5) is 0. The molecule has 0 saturated carbocycles. The van der Waals surface area contributed by atoms with Crippen LogP contribution in [0.4, 0.5) is 0 Å². The number of hydrogen-bond acceptors (Lipinski definition) is 1. The summed E-state index contributed by atoms with van der Waals surface area (Å²) in [6.07, 6.45) is 3.18. The highest BCUT2D eigenvalue weighted by Crippen LogP contribution is 2.25. The first kappa shape index (κ1) is 14.8. The normalized spacial score (nSPS) is 12.4. The summed E-state index contributed by atoms with van der Waals surface area (Å²) in [5.74, 6) is 0. The second kappa shape index (κ2) is 6.71. The average Bonchev–Trinajstić information content (AvgIpc) is 2.53. The Balaban J connectivity index is 2.40. The van der Waals surface area contributed by atoms with Crippen molar-refractivity contribution >= 4 is 0 Å². The standard InChI is InChI=1S/C19H25N/c1-4-14-11-12-17(13-16(14)6-3)19(20)18-10-8-7-9-15(18)5-2/h7-13,19H,4-6,20H2,1-3H3. The van der Waals surface area contributed by atoms with Crippen molar-refractivity contribution in [1.29, 1.82) is 0 Å². The van der Waals surface area contributed by atoms with Crippen LogP contribution in [0.25, 0.3) is 0 Å². The fraction of sp³-hybridized carbons (Fsp3) is 0.368. The van der Waals surface area contributed by atoms with Crippen molar-refractivity contribution in [3.63, 3.8) is 0 Å². The van der Waals surface area contributed by atoms with Gasteiger partial charge in [0.25, 0.3) is 0 Å². The van der Waals surface area contributed by atoms with E-state index in [1.165, 1.54) is 27.8 Å². The Morgan fingerprint density at radius 2 is 1.45 bits per heavy atom. The van der Waals surface area contributed by atoms with Crippen LogP contribution in [0.2, 0.25) is 0 Å². The molecule has 0 aliphatic rings. The van der Waals surface area contributed by atoms with Gasteiger partial charge < -0.3 is 5.73 Å². The molecule has 2 aromatic carbocycles. The molecule has 1 atom stereocenters. The third-order valence-corrected chi connectivity index (χ3v) is 4.12. The minimum absolute atomic E-state index is 0.0256. The van der Waals surface area contributed by atoms with Crippen LogP contribution in [0, 0.1) is 0 Å². The van der Waals surface area contributed by atoms with E-state index < -0.39 is 0 Å². The molecule has 1 unspecified atom stereocenters. The first-order valence-corrected chi connectivity index (χ1v) is 7.66. The second-order valence-corrected chi connectivity index (χ2v) is 5.27. The molecule has 106 valence electrons. The highest BCUT2D eigenvalue weighted by molar-refractivity contribution is 5.40. The molecule has 0 aliphatic heterocycles. The highest BCUT2D eigenvalue weighted by Gasteiger charge is 2.13. The molecule has 0 bridgehead atoms. The van der Waals surface area contributed by atoms with Crippen LogP contribution < -0.4 is 5.73 Å². The van der Waals surface area contributed by atoms with Gasteiger partial charge >= 0.3 is 0 Å². The molecule has 0 saturated heterocycles. The predicted molar refractivity (Wildman–Crippen MR) is 87.0 cm³/mol. The van der Waals surface area contributed by atoms with Crippen LogP contribution in [-0.4, -0.2) is 0 Å². The summed E-state index contributed by atoms with van der Waals surface area (Å²) in [5, 5.41) is 0. The van der Waals surface area contributed by atoms with Gasteiger partial charge in [-0.05, 0) is 47.1 Å². The Morgan fingerprint density at radius 1 is 0.800 bits per heavy atom. The van der Waals surface area contributed by atoms with Crippen LogP contribution in [0.15, 0.2) is 42.5 Å². The van der Waals surface area contributed by atoms with E-state index in [0.717, 1.165) is 19.3 Å². The maximum atomic E-state index is 6.51. The largest absolute Gasteiger partial charge is 0.320 e. The summed E-state index contributed by atoms with van der Waals surface area (Å²) >= 11 is 0. The fourth-order valence-electron chi connectivity index (χ4n) is 2.85. The average molecular weight is 267 g/mol. The highest BCUT2D eigenvalue weighted by atomic mass is 14.6. The first-order valence-electron chi connectivity index (χ1n) is 7.66. The van der Waals surface area contributed by atoms with Gasteiger partial charge in [-0.3, -0.25) is 0 Å². The zero-order chi connectivity index (χ0) is 14.5. The van der Waals surface area contributed by atoms with Gasteiger partial charge in [0.2, 0.25) is 0 Å². The van der Waals surface area contributed by atoms with Crippen LogP contribution in [0.5, 0.6) is 0 Å². The Hall–Kier alpha value is -1.60. The van der Waals surface area contributed by atoms with Gasteiger partial charge in [-0.15, -0.1) is 0 Å². The lowest BCUT2D eigenvalue weighted by atomic mass is 9.91. The van der Waals surface area contributed by atoms with Gasteiger partial charge in [-0.1, -0.05) is 63.2 Å². The fourth-order valence-corrected chi connectivity index (χ4v) is 2.85. The van der Waals surface area contributed by atoms with Crippen LogP contribution >= 0.6 is 0 Å². The lowest BCUT2D eigenvalue weighted by Gasteiger charge is -2.18. The molecule has 0 aromatic heterocycles. The van der Waals surface area contributed by atoms with E-state index in [-0.39, 0.29) is 6.04 Å². The smallest absolute Gasteiger partial charge is 0.0554 e. The topological polar surface area (TPSA) is 26.0 Å². The SMILES string of the molecule is CCc1ccc(C(N)c2ccccc2CC)cc1CC. The summed E-state index contributed by atoms with van der Waals surface area (Å²) in [7, 11) is 0. The zero-order valence-corrected chi connectivity index (χ0v) is 12.8. The van der Waals surface area contributed by atoms with Gasteiger partial charge in [-0.25, -0.2) is 0 Å². The molecule has 2 N–H and O–H groups in total. The number of benzene rings is 2. The quantitative estimate of drug-likeness (QED) is 0.852. The third kappa shape index (κ3) is 2.94. The van der Waals surface area contributed by atoms with Crippen molar-refractivity contribution in [2.45, 2.75) is 46.1 Å². The van der Waals surface area contributed by atoms with E-state index in [0.29, 0.717) is 0 Å². The third-order valence-electron chi connectivity index (χ3n) is 4.12. The van der Waals surface area contributed by atoms with Crippen LogP contribution in [0.1, 0.15) is 54.6 Å². The van der Waals surface area contributed by atoms with Crippen LogP contribution in [-0.2, 0) is 19.3 Å². The minimum atomic E-state index is -0.0256. The lowest BCUT2D eigenvalue weighted by Crippen LogP contribution is -2.14.